The molecule has 1 heterocycles. The van der Waals surface area contributed by atoms with Crippen molar-refractivity contribution in [2.24, 2.45) is 0 Å². The van der Waals surface area contributed by atoms with Crippen molar-refractivity contribution in [1.29, 1.82) is 0 Å². The van der Waals surface area contributed by atoms with Gasteiger partial charge in [0.1, 0.15) is 0 Å². The highest BCUT2D eigenvalue weighted by Crippen LogP contribution is 2.07. The van der Waals surface area contributed by atoms with Crippen molar-refractivity contribution in [2.45, 2.75) is 26.3 Å². The van der Waals surface area contributed by atoms with Crippen molar-refractivity contribution in [3.8, 4) is 0 Å². The predicted octanol–water partition coefficient (Wildman–Crippen LogP) is 0.524. The number of thiocarbonyl (C=S) groups is 1. The van der Waals surface area contributed by atoms with Gasteiger partial charge in [-0.25, -0.2) is 4.98 Å². The van der Waals surface area contributed by atoms with Gasteiger partial charge in [0.05, 0.1) is 23.7 Å². The maximum atomic E-state index is 11.6. The van der Waals surface area contributed by atoms with Crippen LogP contribution in [-0.2, 0) is 16.0 Å². The molecular weight excluding hydrogens is 284 g/mol. The van der Waals surface area contributed by atoms with E-state index < -0.39 is 0 Å². The van der Waals surface area contributed by atoms with Crippen molar-refractivity contribution in [2.75, 3.05) is 13.7 Å². The van der Waals surface area contributed by atoms with Crippen molar-refractivity contribution in [1.82, 2.24) is 21.2 Å². The van der Waals surface area contributed by atoms with Crippen molar-refractivity contribution in [3.05, 3.63) is 16.1 Å². The molecule has 0 saturated carbocycles. The molecule has 1 atom stereocenters. The van der Waals surface area contributed by atoms with Gasteiger partial charge in [-0.2, -0.15) is 0 Å². The van der Waals surface area contributed by atoms with Crippen molar-refractivity contribution < 1.29 is 9.53 Å². The molecule has 6 nitrogen and oxygen atoms in total. The van der Waals surface area contributed by atoms with E-state index in [2.05, 4.69) is 21.2 Å². The summed E-state index contributed by atoms with van der Waals surface area (Å²) in [6.07, 6.45) is 0.230. The minimum atomic E-state index is -0.186. The normalized spacial score (nSPS) is 11.7. The molecule has 1 aromatic rings. The minimum Gasteiger partial charge on any atom is -0.383 e. The van der Waals surface area contributed by atoms with Crippen LogP contribution in [0.5, 0.6) is 0 Å². The van der Waals surface area contributed by atoms with E-state index in [1.165, 1.54) is 11.3 Å². The van der Waals surface area contributed by atoms with Crippen LogP contribution in [0.3, 0.4) is 0 Å². The molecule has 0 radical (unpaired) electrons. The number of nitrogens with zero attached hydrogens (tertiary/aromatic N) is 1. The average molecular weight is 302 g/mol. The van der Waals surface area contributed by atoms with Crippen molar-refractivity contribution >= 4 is 34.6 Å². The van der Waals surface area contributed by atoms with Crippen LogP contribution in [0, 0.1) is 6.92 Å². The highest BCUT2D eigenvalue weighted by atomic mass is 32.1. The van der Waals surface area contributed by atoms with E-state index >= 15 is 0 Å². The van der Waals surface area contributed by atoms with Gasteiger partial charge in [0.15, 0.2) is 5.11 Å². The topological polar surface area (TPSA) is 75.3 Å². The van der Waals surface area contributed by atoms with Gasteiger partial charge >= 0.3 is 0 Å². The molecule has 1 unspecified atom stereocenters. The molecular formula is C11H18N4O2S2. The summed E-state index contributed by atoms with van der Waals surface area (Å²) in [5, 5.41) is 6.14. The number of thiazole rings is 1. The Hall–Kier alpha value is -1.25. The largest absolute Gasteiger partial charge is 0.383 e. The molecule has 0 aromatic carbocycles. The van der Waals surface area contributed by atoms with Crippen LogP contribution in [0.4, 0.5) is 0 Å². The van der Waals surface area contributed by atoms with Gasteiger partial charge in [-0.1, -0.05) is 0 Å². The fourth-order valence-corrected chi connectivity index (χ4v) is 2.24. The zero-order chi connectivity index (χ0) is 14.3. The van der Waals surface area contributed by atoms with Gasteiger partial charge in [-0.15, -0.1) is 11.3 Å². The quantitative estimate of drug-likeness (QED) is 0.544. The van der Waals surface area contributed by atoms with Crippen LogP contribution in [0.25, 0.3) is 0 Å². The van der Waals surface area contributed by atoms with E-state index in [1.54, 1.807) is 7.11 Å². The first-order valence-corrected chi connectivity index (χ1v) is 7.05. The molecule has 0 saturated heterocycles. The molecule has 1 aromatic heterocycles. The molecule has 0 aliphatic rings. The first kappa shape index (κ1) is 15.8. The highest BCUT2D eigenvalue weighted by Gasteiger charge is 2.07. The van der Waals surface area contributed by atoms with E-state index in [1.807, 2.05) is 19.2 Å². The Morgan fingerprint density at radius 3 is 2.89 bits per heavy atom. The summed E-state index contributed by atoms with van der Waals surface area (Å²) in [6, 6.07) is 0.0723. The summed E-state index contributed by atoms with van der Waals surface area (Å²) in [7, 11) is 1.62. The molecule has 8 heteroatoms. The predicted molar refractivity (Wildman–Crippen MR) is 78.9 cm³/mol. The maximum Gasteiger partial charge on any atom is 0.244 e. The van der Waals surface area contributed by atoms with Crippen LogP contribution < -0.4 is 16.2 Å². The fourth-order valence-electron chi connectivity index (χ4n) is 1.38. The molecule has 1 amide bonds. The third-order valence-corrected chi connectivity index (χ3v) is 3.16. The summed E-state index contributed by atoms with van der Waals surface area (Å²) in [6.45, 7) is 4.37. The number of aromatic nitrogens is 1. The highest BCUT2D eigenvalue weighted by molar-refractivity contribution is 7.80. The Kier molecular flexibility index (Phi) is 6.68. The average Bonchev–Trinajstić information content (AvgIpc) is 2.72. The zero-order valence-electron chi connectivity index (χ0n) is 11.1. The van der Waals surface area contributed by atoms with Crippen LogP contribution in [0.2, 0.25) is 0 Å². The minimum absolute atomic E-state index is 0.0723. The lowest BCUT2D eigenvalue weighted by atomic mass is 10.3. The van der Waals surface area contributed by atoms with Crippen LogP contribution in [0.1, 0.15) is 17.6 Å². The third-order valence-electron chi connectivity index (χ3n) is 2.12. The summed E-state index contributed by atoms with van der Waals surface area (Å²) in [5.74, 6) is -0.186. The standard InChI is InChI=1S/C11H18N4O2S2/c1-7(5-17-3)12-11(18)15-14-10(16)4-9-6-19-8(2)13-9/h6-7H,4-5H2,1-3H3,(H,14,16)(H2,12,15,18). The van der Waals surface area contributed by atoms with E-state index in [4.69, 9.17) is 17.0 Å². The van der Waals surface area contributed by atoms with Gasteiger partial charge in [-0.3, -0.25) is 15.6 Å². The number of amides is 1. The Bertz CT molecular complexity index is 436. The number of hydrogen-bond donors (Lipinski definition) is 3. The second-order valence-corrected chi connectivity index (χ2v) is 5.51. The van der Waals surface area contributed by atoms with Gasteiger partial charge < -0.3 is 10.1 Å². The fraction of sp³-hybridized carbons (Fsp3) is 0.545. The molecule has 3 N–H and O–H groups in total. The molecule has 1 rings (SSSR count). The Labute approximate surface area is 121 Å². The first-order chi connectivity index (χ1) is 9.01. The van der Waals surface area contributed by atoms with Gasteiger partial charge in [0.25, 0.3) is 0 Å². The molecule has 0 bridgehead atoms. The Morgan fingerprint density at radius 1 is 1.58 bits per heavy atom. The second-order valence-electron chi connectivity index (χ2n) is 4.04. The number of methoxy groups -OCH3 is 1. The molecule has 0 spiro atoms. The lowest BCUT2D eigenvalue weighted by Gasteiger charge is -2.16. The van der Waals surface area contributed by atoms with Gasteiger partial charge in [0, 0.05) is 18.5 Å². The third kappa shape index (κ3) is 6.46. The number of carbonyl (C=O) groups excluding carboxylic acids is 1. The van der Waals surface area contributed by atoms with E-state index in [9.17, 15) is 4.79 Å². The second kappa shape index (κ2) is 8.03. The van der Waals surface area contributed by atoms with E-state index in [-0.39, 0.29) is 18.4 Å². The maximum absolute atomic E-state index is 11.6. The van der Waals surface area contributed by atoms with Crippen molar-refractivity contribution in [3.63, 3.8) is 0 Å². The number of rotatable bonds is 5. The summed E-state index contributed by atoms with van der Waals surface area (Å²) in [4.78, 5) is 15.8. The number of hydrogen-bond acceptors (Lipinski definition) is 5. The summed E-state index contributed by atoms with van der Waals surface area (Å²) < 4.78 is 4.97. The van der Waals surface area contributed by atoms with E-state index in [0.717, 1.165) is 10.7 Å². The number of ether oxygens (including phenoxy) is 1. The summed E-state index contributed by atoms with van der Waals surface area (Å²) in [5.41, 5.74) is 5.92. The Morgan fingerprint density at radius 2 is 2.32 bits per heavy atom. The van der Waals surface area contributed by atoms with Crippen LogP contribution >= 0.6 is 23.6 Å². The number of nitrogens with one attached hydrogen (secondary N) is 3. The first-order valence-electron chi connectivity index (χ1n) is 5.76. The zero-order valence-corrected chi connectivity index (χ0v) is 12.8. The molecule has 0 fully saturated rings. The van der Waals surface area contributed by atoms with Gasteiger partial charge in [-0.05, 0) is 26.1 Å². The molecule has 0 aliphatic carbocycles. The Balaban J connectivity index is 2.24. The molecule has 19 heavy (non-hydrogen) atoms. The lowest BCUT2D eigenvalue weighted by molar-refractivity contribution is -0.121. The SMILES string of the molecule is COCC(C)NC(=S)NNC(=O)Cc1csc(C)n1. The smallest absolute Gasteiger partial charge is 0.244 e. The van der Waals surface area contributed by atoms with E-state index in [0.29, 0.717) is 11.7 Å². The van der Waals surface area contributed by atoms with Crippen LogP contribution in [0.15, 0.2) is 5.38 Å². The molecule has 106 valence electrons. The number of hydrazine groups is 1. The van der Waals surface area contributed by atoms with Gasteiger partial charge in [0.2, 0.25) is 5.91 Å². The number of aryl methyl sites for hydroxylation is 1. The summed E-state index contributed by atoms with van der Waals surface area (Å²) >= 11 is 6.55. The molecule has 0 aliphatic heterocycles. The van der Waals surface area contributed by atoms with Crippen LogP contribution in [-0.4, -0.2) is 35.8 Å². The number of carbonyl (C=O) groups is 1. The lowest BCUT2D eigenvalue weighted by Crippen LogP contribution is -2.50. The monoisotopic (exact) mass is 302 g/mol.